The SMILES string of the molecule is COc1cc2ccc(S(=O)(=O)N[C@@H](CCCN=C(N)N)C(=O)N(CCc3ccccc3)CC(=O)O)cc2cc1OC. The van der Waals surface area contributed by atoms with Gasteiger partial charge in [0.2, 0.25) is 15.9 Å². The number of benzene rings is 3. The molecule has 3 aromatic carbocycles. The standard InChI is InChI=1S/C28H35N5O7S/c1-39-24-16-20-10-11-22(15-21(20)17-25(24)40-2)41(37,38)32-23(9-6-13-31-28(29)30)27(36)33(18-26(34)35)14-12-19-7-4-3-5-8-19/h3-5,7-8,10-11,15-17,23,32H,6,9,12-14,18H2,1-2H3,(H,34,35)(H4,29,30,31)/t23-/m0/s1. The highest BCUT2D eigenvalue weighted by Crippen LogP contribution is 2.33. The molecule has 6 N–H and O–H groups in total. The number of fused-ring (bicyclic) bond motifs is 1. The number of hydrogen-bond donors (Lipinski definition) is 4. The van der Waals surface area contributed by atoms with Gasteiger partial charge in [-0.15, -0.1) is 0 Å². The van der Waals surface area contributed by atoms with E-state index in [4.69, 9.17) is 20.9 Å². The fraction of sp³-hybridized carbons (Fsp3) is 0.321. The molecule has 0 aliphatic heterocycles. The minimum absolute atomic E-state index is 0.0366. The zero-order valence-corrected chi connectivity index (χ0v) is 23.8. The van der Waals surface area contributed by atoms with E-state index in [1.165, 1.54) is 26.4 Å². The van der Waals surface area contributed by atoms with E-state index in [-0.39, 0.29) is 36.8 Å². The number of carbonyl (C=O) groups is 2. The molecule has 0 bridgehead atoms. The molecule has 12 nitrogen and oxygen atoms in total. The van der Waals surface area contributed by atoms with Crippen LogP contribution in [0.25, 0.3) is 10.8 Å². The van der Waals surface area contributed by atoms with Crippen molar-refractivity contribution in [3.63, 3.8) is 0 Å². The molecular weight excluding hydrogens is 550 g/mol. The molecule has 0 aromatic heterocycles. The second-order valence-electron chi connectivity index (χ2n) is 9.23. The molecule has 0 fully saturated rings. The van der Waals surface area contributed by atoms with Crippen molar-refractivity contribution in [1.82, 2.24) is 9.62 Å². The molecule has 1 amide bonds. The maximum atomic E-state index is 13.6. The number of ether oxygens (including phenoxy) is 2. The molecular formula is C28H35N5O7S. The monoisotopic (exact) mass is 585 g/mol. The van der Waals surface area contributed by atoms with E-state index < -0.39 is 34.5 Å². The smallest absolute Gasteiger partial charge is 0.323 e. The van der Waals surface area contributed by atoms with Gasteiger partial charge in [-0.3, -0.25) is 14.6 Å². The number of nitrogens with zero attached hydrogens (tertiary/aromatic N) is 2. The molecule has 41 heavy (non-hydrogen) atoms. The molecule has 3 aromatic rings. The van der Waals surface area contributed by atoms with Gasteiger partial charge in [-0.25, -0.2) is 8.42 Å². The Morgan fingerprint density at radius 2 is 1.66 bits per heavy atom. The summed E-state index contributed by atoms with van der Waals surface area (Å²) in [5.41, 5.74) is 11.7. The van der Waals surface area contributed by atoms with Crippen molar-refractivity contribution >= 4 is 38.6 Å². The van der Waals surface area contributed by atoms with Crippen LogP contribution in [0.2, 0.25) is 0 Å². The summed E-state index contributed by atoms with van der Waals surface area (Å²) in [6.07, 6.45) is 0.698. The number of aliphatic carboxylic acids is 1. The fourth-order valence-corrected chi connectivity index (χ4v) is 5.53. The number of guanidine groups is 1. The molecule has 13 heteroatoms. The van der Waals surface area contributed by atoms with Crippen molar-refractivity contribution in [3.05, 3.63) is 66.2 Å². The molecule has 0 spiro atoms. The third kappa shape index (κ3) is 8.82. The maximum Gasteiger partial charge on any atom is 0.323 e. The molecule has 220 valence electrons. The van der Waals surface area contributed by atoms with Crippen LogP contribution in [0.5, 0.6) is 11.5 Å². The van der Waals surface area contributed by atoms with E-state index in [1.54, 1.807) is 18.2 Å². The number of amides is 1. The summed E-state index contributed by atoms with van der Waals surface area (Å²) in [6, 6.07) is 15.9. The molecule has 3 rings (SSSR count). The van der Waals surface area contributed by atoms with E-state index in [9.17, 15) is 23.1 Å². The fourth-order valence-electron chi connectivity index (χ4n) is 4.27. The third-order valence-corrected chi connectivity index (χ3v) is 7.79. The summed E-state index contributed by atoms with van der Waals surface area (Å²) >= 11 is 0. The summed E-state index contributed by atoms with van der Waals surface area (Å²) in [6.45, 7) is -0.345. The van der Waals surface area contributed by atoms with Crippen molar-refractivity contribution in [2.45, 2.75) is 30.2 Å². The van der Waals surface area contributed by atoms with Gasteiger partial charge in [0.1, 0.15) is 12.6 Å². The molecule has 0 radical (unpaired) electrons. The number of carbonyl (C=O) groups excluding carboxylic acids is 1. The number of nitrogens with one attached hydrogen (secondary N) is 1. The first-order chi connectivity index (χ1) is 19.5. The lowest BCUT2D eigenvalue weighted by molar-refractivity contribution is -0.145. The van der Waals surface area contributed by atoms with Gasteiger partial charge >= 0.3 is 5.97 Å². The normalized spacial score (nSPS) is 12.0. The lowest BCUT2D eigenvalue weighted by Crippen LogP contribution is -2.50. The molecule has 1 atom stereocenters. The van der Waals surface area contributed by atoms with Gasteiger partial charge in [-0.2, -0.15) is 4.72 Å². The summed E-state index contributed by atoms with van der Waals surface area (Å²) in [5, 5.41) is 10.8. The van der Waals surface area contributed by atoms with Crippen LogP contribution < -0.4 is 25.7 Å². The van der Waals surface area contributed by atoms with Gasteiger partial charge in [0.15, 0.2) is 17.5 Å². The highest BCUT2D eigenvalue weighted by molar-refractivity contribution is 7.89. The average molecular weight is 586 g/mol. The number of carboxylic acids is 1. The Labute approximate surface area is 239 Å². The molecule has 0 heterocycles. The number of hydrogen-bond acceptors (Lipinski definition) is 7. The van der Waals surface area contributed by atoms with Gasteiger partial charge in [-0.1, -0.05) is 36.4 Å². The van der Waals surface area contributed by atoms with Crippen LogP contribution in [-0.2, 0) is 26.0 Å². The highest BCUT2D eigenvalue weighted by Gasteiger charge is 2.30. The highest BCUT2D eigenvalue weighted by atomic mass is 32.2. The van der Waals surface area contributed by atoms with Gasteiger partial charge in [0.25, 0.3) is 0 Å². The van der Waals surface area contributed by atoms with Gasteiger partial charge in [0, 0.05) is 13.1 Å². The van der Waals surface area contributed by atoms with E-state index in [0.717, 1.165) is 15.8 Å². The quantitative estimate of drug-likeness (QED) is 0.117. The van der Waals surface area contributed by atoms with Gasteiger partial charge in [0.05, 0.1) is 19.1 Å². The largest absolute Gasteiger partial charge is 0.493 e. The Bertz CT molecular complexity index is 1490. The predicted molar refractivity (Wildman–Crippen MR) is 155 cm³/mol. The van der Waals surface area contributed by atoms with Crippen molar-refractivity contribution in [3.8, 4) is 11.5 Å². The summed E-state index contributed by atoms with van der Waals surface area (Å²) < 4.78 is 40.2. The number of carboxylic acid groups (broad SMARTS) is 1. The number of rotatable bonds is 15. The summed E-state index contributed by atoms with van der Waals surface area (Å²) in [5.74, 6) is -1.09. The minimum atomic E-state index is -4.22. The Morgan fingerprint density at radius 3 is 2.27 bits per heavy atom. The van der Waals surface area contributed by atoms with Crippen molar-refractivity contribution in [1.29, 1.82) is 0 Å². The van der Waals surface area contributed by atoms with Crippen LogP contribution in [0, 0.1) is 0 Å². The van der Waals surface area contributed by atoms with Crippen LogP contribution >= 0.6 is 0 Å². The summed E-state index contributed by atoms with van der Waals surface area (Å²) in [7, 11) is -1.23. The van der Waals surface area contributed by atoms with Crippen LogP contribution in [-0.4, -0.2) is 76.2 Å². The van der Waals surface area contributed by atoms with Crippen LogP contribution in [0.4, 0.5) is 0 Å². The molecule has 0 unspecified atom stereocenters. The first-order valence-corrected chi connectivity index (χ1v) is 14.3. The molecule has 0 saturated heterocycles. The first-order valence-electron chi connectivity index (χ1n) is 12.8. The van der Waals surface area contributed by atoms with Crippen molar-refractivity contribution < 1.29 is 32.6 Å². The topological polar surface area (TPSA) is 187 Å². The Hall–Kier alpha value is -4.36. The zero-order chi connectivity index (χ0) is 30.0. The van der Waals surface area contributed by atoms with Crippen LogP contribution in [0.1, 0.15) is 18.4 Å². The van der Waals surface area contributed by atoms with Gasteiger partial charge < -0.3 is 30.9 Å². The Balaban J connectivity index is 1.90. The summed E-state index contributed by atoms with van der Waals surface area (Å²) in [4.78, 5) is 30.2. The van der Waals surface area contributed by atoms with Crippen molar-refractivity contribution in [2.24, 2.45) is 16.5 Å². The molecule has 0 aliphatic carbocycles. The third-order valence-electron chi connectivity index (χ3n) is 6.32. The van der Waals surface area contributed by atoms with Crippen molar-refractivity contribution in [2.75, 3.05) is 33.9 Å². The van der Waals surface area contributed by atoms with Crippen LogP contribution in [0.3, 0.4) is 0 Å². The van der Waals surface area contributed by atoms with Gasteiger partial charge in [-0.05, 0) is 59.9 Å². The number of methoxy groups -OCH3 is 2. The molecule has 0 saturated carbocycles. The minimum Gasteiger partial charge on any atom is -0.493 e. The average Bonchev–Trinajstić information content (AvgIpc) is 2.95. The maximum absolute atomic E-state index is 13.6. The second-order valence-corrected chi connectivity index (χ2v) is 10.9. The Kier molecular flexibility index (Phi) is 10.9. The number of aliphatic imine (C=N–C) groups is 1. The number of nitrogens with two attached hydrogens (primary N) is 2. The first kappa shape index (κ1) is 31.2. The lowest BCUT2D eigenvalue weighted by atomic mass is 10.1. The van der Waals surface area contributed by atoms with E-state index in [1.807, 2.05) is 30.3 Å². The number of sulfonamides is 1. The zero-order valence-electron chi connectivity index (χ0n) is 22.9. The van der Waals surface area contributed by atoms with E-state index in [2.05, 4.69) is 9.71 Å². The van der Waals surface area contributed by atoms with E-state index in [0.29, 0.717) is 23.3 Å². The van der Waals surface area contributed by atoms with Crippen LogP contribution in [0.15, 0.2) is 70.6 Å². The second kappa shape index (κ2) is 14.3. The lowest BCUT2D eigenvalue weighted by Gasteiger charge is -2.27. The van der Waals surface area contributed by atoms with E-state index >= 15 is 0 Å². The Morgan fingerprint density at radius 1 is 1.00 bits per heavy atom. The predicted octanol–water partition coefficient (Wildman–Crippen LogP) is 1.71. The molecule has 0 aliphatic rings.